The summed E-state index contributed by atoms with van der Waals surface area (Å²) in [6.07, 6.45) is 13.8. The number of likely N-dealkylation sites (tertiary alicyclic amines) is 1. The zero-order valence-corrected chi connectivity index (χ0v) is 23.5. The minimum atomic E-state index is -0.202. The summed E-state index contributed by atoms with van der Waals surface area (Å²) < 4.78 is 2.25. The molecule has 3 heterocycles. The first-order valence-corrected chi connectivity index (χ1v) is 15.5. The fourth-order valence-electron chi connectivity index (χ4n) is 8.27. The summed E-state index contributed by atoms with van der Waals surface area (Å²) in [5, 5.41) is 1.00. The second kappa shape index (κ2) is 10.2. The molecule has 7 rings (SSSR count). The van der Waals surface area contributed by atoms with Gasteiger partial charge in [0.15, 0.2) is 0 Å². The molecule has 39 heavy (non-hydrogen) atoms. The maximum atomic E-state index is 13.2. The van der Waals surface area contributed by atoms with Gasteiger partial charge in [0.05, 0.1) is 27.0 Å². The van der Waals surface area contributed by atoms with Gasteiger partial charge in [-0.2, -0.15) is 4.98 Å². The lowest BCUT2D eigenvalue weighted by atomic mass is 9.69. The Labute approximate surface area is 235 Å². The number of nitrogens with zero attached hydrogens (tertiary/aromatic N) is 3. The van der Waals surface area contributed by atoms with Crippen molar-refractivity contribution in [3.05, 3.63) is 68.7 Å². The minimum absolute atomic E-state index is 0.180. The predicted octanol–water partition coefficient (Wildman–Crippen LogP) is 6.79. The number of aldehydes is 1. The lowest BCUT2D eigenvalue weighted by Gasteiger charge is -2.37. The Kier molecular flexibility index (Phi) is 6.63. The number of rotatable bonds is 4. The first-order chi connectivity index (χ1) is 19.1. The number of fused-ring (bicyclic) bond motifs is 7. The van der Waals surface area contributed by atoms with Crippen molar-refractivity contribution in [3.8, 4) is 5.69 Å². The second-order valence-corrected chi connectivity index (χ2v) is 13.0. The Hall–Kier alpha value is -2.50. The summed E-state index contributed by atoms with van der Waals surface area (Å²) in [6.45, 7) is 3.50. The number of carbonyl (C=O) groups excluding carboxylic acids is 1. The minimum Gasteiger partial charge on any atom is -0.303 e. The SMILES string of the molecule is O=CC1CCC(CN2CCC(c3ccc4c(c3)C3(CCCCC3)c3nc(=O)c5c(Cl)cccc5n3-4)CC2)CC1. The van der Waals surface area contributed by atoms with Crippen molar-refractivity contribution >= 4 is 28.8 Å². The van der Waals surface area contributed by atoms with E-state index in [0.29, 0.717) is 22.2 Å². The van der Waals surface area contributed by atoms with E-state index in [-0.39, 0.29) is 11.0 Å². The zero-order valence-electron chi connectivity index (χ0n) is 22.7. The van der Waals surface area contributed by atoms with Crippen molar-refractivity contribution in [1.82, 2.24) is 14.5 Å². The van der Waals surface area contributed by atoms with Crippen LogP contribution in [0.1, 0.15) is 93.5 Å². The largest absolute Gasteiger partial charge is 0.303 e. The first kappa shape index (κ1) is 25.5. The van der Waals surface area contributed by atoms with Crippen LogP contribution in [0, 0.1) is 11.8 Å². The Morgan fingerprint density at radius 1 is 0.974 bits per heavy atom. The van der Waals surface area contributed by atoms with Gasteiger partial charge in [0.1, 0.15) is 12.1 Å². The Bertz CT molecular complexity index is 1460. The lowest BCUT2D eigenvalue weighted by molar-refractivity contribution is -0.112. The molecule has 0 unspecified atom stereocenters. The standard InChI is InChI=1S/C33H38ClN3O2/c34-27-5-4-6-29-30(27)31(39)35-32-33(15-2-1-3-16-33)26-19-25(11-12-28(26)37(29)32)24-13-17-36(18-14-24)20-22-7-9-23(21-38)10-8-22/h4-6,11-12,19,21-24H,1-3,7-10,13-18,20H2. The molecule has 3 aromatic rings. The Morgan fingerprint density at radius 3 is 2.49 bits per heavy atom. The number of hydrogen-bond donors (Lipinski definition) is 0. The molecule has 3 fully saturated rings. The highest BCUT2D eigenvalue weighted by Crippen LogP contribution is 2.52. The van der Waals surface area contributed by atoms with Gasteiger partial charge in [0.2, 0.25) is 0 Å². The Balaban J connectivity index is 1.17. The predicted molar refractivity (Wildman–Crippen MR) is 156 cm³/mol. The number of aromatic nitrogens is 2. The fraction of sp³-hybridized carbons (Fsp3) is 0.545. The van der Waals surface area contributed by atoms with Gasteiger partial charge in [-0.25, -0.2) is 0 Å². The number of hydrogen-bond acceptors (Lipinski definition) is 4. The van der Waals surface area contributed by atoms with E-state index in [1.165, 1.54) is 74.6 Å². The molecule has 2 aliphatic carbocycles. The average Bonchev–Trinajstić information content (AvgIpc) is 3.22. The van der Waals surface area contributed by atoms with Crippen molar-refractivity contribution < 1.29 is 4.79 Å². The van der Waals surface area contributed by atoms with E-state index in [0.717, 1.165) is 56.0 Å². The normalized spacial score (nSPS) is 25.1. The van der Waals surface area contributed by atoms with Gasteiger partial charge in [-0.05, 0) is 106 Å². The lowest BCUT2D eigenvalue weighted by Crippen LogP contribution is -2.37. The van der Waals surface area contributed by atoms with E-state index in [4.69, 9.17) is 16.6 Å². The summed E-state index contributed by atoms with van der Waals surface area (Å²) in [6, 6.07) is 12.9. The van der Waals surface area contributed by atoms with Crippen LogP contribution in [0.4, 0.5) is 0 Å². The first-order valence-electron chi connectivity index (χ1n) is 15.1. The molecule has 0 radical (unpaired) electrons. The zero-order chi connectivity index (χ0) is 26.6. The molecule has 2 aliphatic heterocycles. The molecular formula is C33H38ClN3O2. The highest BCUT2D eigenvalue weighted by atomic mass is 35.5. The van der Waals surface area contributed by atoms with E-state index in [2.05, 4.69) is 27.7 Å². The van der Waals surface area contributed by atoms with Crippen molar-refractivity contribution in [2.45, 2.75) is 82.0 Å². The topological polar surface area (TPSA) is 55.2 Å². The average molecular weight is 544 g/mol. The van der Waals surface area contributed by atoms with Gasteiger partial charge in [-0.3, -0.25) is 9.36 Å². The van der Waals surface area contributed by atoms with Crippen molar-refractivity contribution in [3.63, 3.8) is 0 Å². The summed E-state index contributed by atoms with van der Waals surface area (Å²) in [4.78, 5) is 31.8. The molecule has 6 heteroatoms. The number of carbonyl (C=O) groups is 1. The quantitative estimate of drug-likeness (QED) is 0.340. The molecular weight excluding hydrogens is 506 g/mol. The van der Waals surface area contributed by atoms with Crippen LogP contribution in [0.3, 0.4) is 0 Å². The highest BCUT2D eigenvalue weighted by Gasteiger charge is 2.46. The van der Waals surface area contributed by atoms with Crippen LogP contribution in [0.5, 0.6) is 0 Å². The molecule has 5 nitrogen and oxygen atoms in total. The molecule has 1 spiro atoms. The van der Waals surface area contributed by atoms with E-state index in [1.54, 1.807) is 6.07 Å². The van der Waals surface area contributed by atoms with Crippen molar-refractivity contribution in [1.29, 1.82) is 0 Å². The van der Waals surface area contributed by atoms with Gasteiger partial charge in [0.25, 0.3) is 5.56 Å². The third kappa shape index (κ3) is 4.28. The molecule has 0 amide bonds. The van der Waals surface area contributed by atoms with Crippen LogP contribution >= 0.6 is 11.6 Å². The van der Waals surface area contributed by atoms with Gasteiger partial charge >= 0.3 is 0 Å². The molecule has 2 saturated carbocycles. The van der Waals surface area contributed by atoms with Crippen LogP contribution in [-0.4, -0.2) is 40.4 Å². The summed E-state index contributed by atoms with van der Waals surface area (Å²) in [5.74, 6) is 2.55. The van der Waals surface area contributed by atoms with Gasteiger partial charge in [-0.15, -0.1) is 0 Å². The second-order valence-electron chi connectivity index (χ2n) is 12.6. The molecule has 4 aliphatic rings. The fourth-order valence-corrected chi connectivity index (χ4v) is 8.52. The summed E-state index contributed by atoms with van der Waals surface area (Å²) >= 11 is 6.51. The van der Waals surface area contributed by atoms with Crippen LogP contribution in [0.2, 0.25) is 5.02 Å². The number of benzene rings is 2. The van der Waals surface area contributed by atoms with Crippen LogP contribution in [0.15, 0.2) is 41.2 Å². The van der Waals surface area contributed by atoms with Gasteiger partial charge < -0.3 is 9.69 Å². The van der Waals surface area contributed by atoms with E-state index >= 15 is 0 Å². The molecule has 204 valence electrons. The molecule has 0 bridgehead atoms. The highest BCUT2D eigenvalue weighted by molar-refractivity contribution is 6.35. The van der Waals surface area contributed by atoms with Crippen LogP contribution in [0.25, 0.3) is 16.6 Å². The molecule has 1 aromatic heterocycles. The number of piperidine rings is 1. The number of halogens is 1. The summed E-state index contributed by atoms with van der Waals surface area (Å²) in [5.41, 5.74) is 4.49. The van der Waals surface area contributed by atoms with E-state index in [9.17, 15) is 9.59 Å². The van der Waals surface area contributed by atoms with Crippen LogP contribution < -0.4 is 5.56 Å². The third-order valence-corrected chi connectivity index (χ3v) is 10.8. The molecule has 1 saturated heterocycles. The Morgan fingerprint density at radius 2 is 1.74 bits per heavy atom. The smallest absolute Gasteiger partial charge is 0.282 e. The molecule has 2 aromatic carbocycles. The van der Waals surface area contributed by atoms with Gasteiger partial charge in [-0.1, -0.05) is 49.1 Å². The van der Waals surface area contributed by atoms with Crippen molar-refractivity contribution in [2.24, 2.45) is 11.8 Å². The maximum Gasteiger partial charge on any atom is 0.282 e. The third-order valence-electron chi connectivity index (χ3n) is 10.4. The summed E-state index contributed by atoms with van der Waals surface area (Å²) in [7, 11) is 0. The van der Waals surface area contributed by atoms with E-state index < -0.39 is 0 Å². The monoisotopic (exact) mass is 543 g/mol. The van der Waals surface area contributed by atoms with Gasteiger partial charge in [0, 0.05) is 12.5 Å². The maximum absolute atomic E-state index is 13.2. The van der Waals surface area contributed by atoms with E-state index in [1.807, 2.05) is 12.1 Å². The molecule has 0 atom stereocenters. The van der Waals surface area contributed by atoms with Crippen molar-refractivity contribution in [2.75, 3.05) is 19.6 Å². The molecule has 0 N–H and O–H groups in total. The van der Waals surface area contributed by atoms with Crippen LogP contribution in [-0.2, 0) is 10.2 Å².